The lowest BCUT2D eigenvalue weighted by Crippen LogP contribution is -2.09. The van der Waals surface area contributed by atoms with E-state index >= 15 is 0 Å². The third-order valence-electron chi connectivity index (χ3n) is 9.47. The van der Waals surface area contributed by atoms with Crippen LogP contribution in [0.2, 0.25) is 0 Å². The smallest absolute Gasteiger partial charge is 0.228 e. The Morgan fingerprint density at radius 1 is 0.408 bits per heavy atom. The molecule has 0 aliphatic carbocycles. The maximum Gasteiger partial charge on any atom is 0.228 e. The highest BCUT2D eigenvalue weighted by Gasteiger charge is 2.20. The Balaban J connectivity index is 1.15. The molecule has 0 unspecified atom stereocenters. The number of fused-ring (bicyclic) bond motifs is 7. The Labute approximate surface area is 282 Å². The van der Waals surface area contributed by atoms with Crippen molar-refractivity contribution < 1.29 is 8.83 Å². The monoisotopic (exact) mass is 628 g/mol. The normalized spacial score (nSPS) is 11.7. The van der Waals surface area contributed by atoms with Gasteiger partial charge < -0.3 is 13.7 Å². The lowest BCUT2D eigenvalue weighted by molar-refractivity contribution is 0.620. The number of aromatic nitrogens is 1. The lowest BCUT2D eigenvalue weighted by Gasteiger charge is -2.26. The van der Waals surface area contributed by atoms with Crippen molar-refractivity contribution in [2.45, 2.75) is 0 Å². The van der Waals surface area contributed by atoms with Gasteiger partial charge >= 0.3 is 0 Å². The Hall–Kier alpha value is -6.65. The van der Waals surface area contributed by atoms with Crippen molar-refractivity contribution in [2.24, 2.45) is 0 Å². The standard InChI is InChI=1S/C45H28N2O2/c1-2-10-29(11-3-1)31-18-21-33(22-19-31)47(34-23-20-30-12-4-5-13-32(30)26-34)35-24-25-38-42(27-35)48-43-28-39(36-14-6-7-15-37(36)44(38)43)45-46-40-16-8-9-17-41(40)49-45/h1-28H. The van der Waals surface area contributed by atoms with Crippen molar-refractivity contribution in [2.75, 3.05) is 4.90 Å². The van der Waals surface area contributed by atoms with Crippen LogP contribution in [0.1, 0.15) is 0 Å². The first-order chi connectivity index (χ1) is 24.3. The third kappa shape index (κ3) is 4.57. The first kappa shape index (κ1) is 27.5. The van der Waals surface area contributed by atoms with Gasteiger partial charge in [-0.25, -0.2) is 4.98 Å². The van der Waals surface area contributed by atoms with Crippen LogP contribution in [0, 0.1) is 0 Å². The van der Waals surface area contributed by atoms with Gasteiger partial charge in [0.15, 0.2) is 5.58 Å². The van der Waals surface area contributed by atoms with Crippen molar-refractivity contribution in [3.8, 4) is 22.6 Å². The van der Waals surface area contributed by atoms with Crippen LogP contribution < -0.4 is 4.90 Å². The van der Waals surface area contributed by atoms with Crippen LogP contribution in [0.15, 0.2) is 179 Å². The molecule has 2 aromatic heterocycles. The van der Waals surface area contributed by atoms with Gasteiger partial charge in [-0.2, -0.15) is 0 Å². The Kier molecular flexibility index (Phi) is 6.15. The summed E-state index contributed by atoms with van der Waals surface area (Å²) >= 11 is 0. The molecule has 0 spiro atoms. The summed E-state index contributed by atoms with van der Waals surface area (Å²) in [6.45, 7) is 0. The molecule has 8 aromatic carbocycles. The van der Waals surface area contributed by atoms with Crippen LogP contribution in [0.4, 0.5) is 17.1 Å². The first-order valence-electron chi connectivity index (χ1n) is 16.5. The summed E-state index contributed by atoms with van der Waals surface area (Å²) in [6, 6.07) is 59.3. The van der Waals surface area contributed by atoms with Gasteiger partial charge in [0.25, 0.3) is 0 Å². The second-order valence-corrected chi connectivity index (χ2v) is 12.4. The summed E-state index contributed by atoms with van der Waals surface area (Å²) in [7, 11) is 0. The number of furan rings is 1. The minimum atomic E-state index is 0.585. The van der Waals surface area contributed by atoms with Gasteiger partial charge in [0.2, 0.25) is 5.89 Å². The zero-order chi connectivity index (χ0) is 32.3. The molecule has 10 aromatic rings. The second kappa shape index (κ2) is 11.0. The molecule has 4 heteroatoms. The van der Waals surface area contributed by atoms with E-state index in [0.29, 0.717) is 5.89 Å². The van der Waals surface area contributed by atoms with Crippen molar-refractivity contribution >= 4 is 71.6 Å². The molecule has 0 atom stereocenters. The molecular weight excluding hydrogens is 601 g/mol. The van der Waals surface area contributed by atoms with Crippen LogP contribution >= 0.6 is 0 Å². The van der Waals surface area contributed by atoms with Gasteiger partial charge in [0, 0.05) is 39.5 Å². The van der Waals surface area contributed by atoms with E-state index in [4.69, 9.17) is 13.8 Å². The van der Waals surface area contributed by atoms with E-state index in [-0.39, 0.29) is 0 Å². The predicted octanol–water partition coefficient (Wildman–Crippen LogP) is 12.8. The number of nitrogens with zero attached hydrogens (tertiary/aromatic N) is 2. The number of para-hydroxylation sites is 2. The fourth-order valence-corrected chi connectivity index (χ4v) is 7.13. The molecule has 4 nitrogen and oxygen atoms in total. The van der Waals surface area contributed by atoms with E-state index in [2.05, 4.69) is 144 Å². The summed E-state index contributed by atoms with van der Waals surface area (Å²) < 4.78 is 13.0. The molecule has 2 heterocycles. The van der Waals surface area contributed by atoms with Crippen molar-refractivity contribution in [3.05, 3.63) is 170 Å². The molecule has 0 radical (unpaired) electrons. The number of oxazole rings is 1. The van der Waals surface area contributed by atoms with Crippen LogP contribution in [0.3, 0.4) is 0 Å². The number of benzene rings is 8. The van der Waals surface area contributed by atoms with E-state index < -0.39 is 0 Å². The van der Waals surface area contributed by atoms with Crippen LogP contribution in [-0.2, 0) is 0 Å². The summed E-state index contributed by atoms with van der Waals surface area (Å²) in [6.07, 6.45) is 0. The quantitative estimate of drug-likeness (QED) is 0.190. The minimum absolute atomic E-state index is 0.585. The van der Waals surface area contributed by atoms with Crippen molar-refractivity contribution in [1.82, 2.24) is 4.98 Å². The van der Waals surface area contributed by atoms with Gasteiger partial charge in [-0.15, -0.1) is 0 Å². The molecule has 0 saturated heterocycles. The molecule has 10 rings (SSSR count). The maximum absolute atomic E-state index is 6.71. The topological polar surface area (TPSA) is 42.4 Å². The van der Waals surface area contributed by atoms with Crippen LogP contribution in [0.5, 0.6) is 0 Å². The highest BCUT2D eigenvalue weighted by atomic mass is 16.3. The van der Waals surface area contributed by atoms with E-state index in [0.717, 1.165) is 66.4 Å². The molecule has 0 amide bonds. The summed E-state index contributed by atoms with van der Waals surface area (Å²) in [5.41, 5.74) is 9.65. The van der Waals surface area contributed by atoms with Crippen LogP contribution in [-0.4, -0.2) is 4.98 Å². The summed E-state index contributed by atoms with van der Waals surface area (Å²) in [5.74, 6) is 0.585. The minimum Gasteiger partial charge on any atom is -0.456 e. The number of hydrogen-bond donors (Lipinski definition) is 0. The summed E-state index contributed by atoms with van der Waals surface area (Å²) in [4.78, 5) is 7.13. The Morgan fingerprint density at radius 3 is 1.94 bits per heavy atom. The van der Waals surface area contributed by atoms with E-state index in [1.54, 1.807) is 0 Å². The molecule has 0 fully saturated rings. The molecule has 0 N–H and O–H groups in total. The van der Waals surface area contributed by atoms with E-state index in [1.807, 2.05) is 30.3 Å². The average Bonchev–Trinajstić information content (AvgIpc) is 3.77. The van der Waals surface area contributed by atoms with E-state index in [9.17, 15) is 0 Å². The van der Waals surface area contributed by atoms with Crippen molar-refractivity contribution in [3.63, 3.8) is 0 Å². The first-order valence-corrected chi connectivity index (χ1v) is 16.5. The third-order valence-corrected chi connectivity index (χ3v) is 9.47. The highest BCUT2D eigenvalue weighted by molar-refractivity contribution is 6.22. The Bertz CT molecular complexity index is 2800. The van der Waals surface area contributed by atoms with Crippen LogP contribution in [0.25, 0.3) is 77.2 Å². The highest BCUT2D eigenvalue weighted by Crippen LogP contribution is 2.43. The van der Waals surface area contributed by atoms with Gasteiger partial charge in [-0.1, -0.05) is 109 Å². The van der Waals surface area contributed by atoms with Crippen molar-refractivity contribution in [1.29, 1.82) is 0 Å². The lowest BCUT2D eigenvalue weighted by atomic mass is 9.99. The fourth-order valence-electron chi connectivity index (χ4n) is 7.13. The van der Waals surface area contributed by atoms with Gasteiger partial charge in [-0.05, 0) is 87.3 Å². The fraction of sp³-hybridized carbons (Fsp3) is 0. The predicted molar refractivity (Wildman–Crippen MR) is 202 cm³/mol. The number of rotatable bonds is 5. The molecule has 0 saturated carbocycles. The molecular formula is C45H28N2O2. The van der Waals surface area contributed by atoms with E-state index in [1.165, 1.54) is 21.9 Å². The zero-order valence-corrected chi connectivity index (χ0v) is 26.4. The average molecular weight is 629 g/mol. The number of anilines is 3. The molecule has 0 aliphatic heterocycles. The largest absolute Gasteiger partial charge is 0.456 e. The maximum atomic E-state index is 6.71. The Morgan fingerprint density at radius 2 is 1.08 bits per heavy atom. The molecule has 0 bridgehead atoms. The zero-order valence-electron chi connectivity index (χ0n) is 26.4. The second-order valence-electron chi connectivity index (χ2n) is 12.4. The SMILES string of the molecule is c1ccc(-c2ccc(N(c3ccc4ccccc4c3)c3ccc4c(c3)oc3cc(-c5nc6ccccc6o5)c5ccccc5c34)cc2)cc1. The number of hydrogen-bond acceptors (Lipinski definition) is 4. The summed E-state index contributed by atoms with van der Waals surface area (Å²) in [5, 5.41) is 6.73. The molecule has 0 aliphatic rings. The molecule has 230 valence electrons. The van der Waals surface area contributed by atoms with Gasteiger partial charge in [-0.3, -0.25) is 0 Å². The molecule has 49 heavy (non-hydrogen) atoms. The van der Waals surface area contributed by atoms with Gasteiger partial charge in [0.05, 0.1) is 0 Å². The van der Waals surface area contributed by atoms with Gasteiger partial charge in [0.1, 0.15) is 16.7 Å².